The Kier molecular flexibility index (Phi) is 10.4. The quantitative estimate of drug-likeness (QED) is 0.794. The number of aromatic amines is 1. The van der Waals surface area contributed by atoms with Crippen molar-refractivity contribution in [3.63, 3.8) is 0 Å². The number of pyridine rings is 1. The van der Waals surface area contributed by atoms with E-state index < -0.39 is 11.4 Å². The zero-order valence-electron chi connectivity index (χ0n) is 14.0. The number of fused-ring (bicyclic) bond motifs is 1. The van der Waals surface area contributed by atoms with Crippen LogP contribution < -0.4 is 5.43 Å². The molecule has 0 amide bonds. The highest BCUT2D eigenvalue weighted by atomic mass is 16.4. The first-order chi connectivity index (χ1) is 10.6. The lowest BCUT2D eigenvalue weighted by Gasteiger charge is -1.98. The fraction of sp³-hybridized carbons (Fsp3) is 0.444. The summed E-state index contributed by atoms with van der Waals surface area (Å²) in [6, 6.07) is 6.80. The van der Waals surface area contributed by atoms with Crippen LogP contribution in [0.15, 0.2) is 35.3 Å². The van der Waals surface area contributed by atoms with Gasteiger partial charge in [0.1, 0.15) is 5.56 Å². The van der Waals surface area contributed by atoms with Gasteiger partial charge >= 0.3 is 5.97 Å². The molecule has 1 heterocycles. The van der Waals surface area contributed by atoms with Crippen molar-refractivity contribution in [1.29, 1.82) is 0 Å². The highest BCUT2D eigenvalue weighted by molar-refractivity contribution is 5.92. The summed E-state index contributed by atoms with van der Waals surface area (Å²) >= 11 is 0. The van der Waals surface area contributed by atoms with E-state index in [1.54, 1.807) is 24.3 Å². The standard InChI is InChI=1S/C10H7NO3.C6H14.C2H6/c12-9-6-3-1-2-4-8(6)11-5-7(9)10(13)14;1-3-5-6-4-2;1-2/h1-5H,(H,11,12)(H,13,14);3-6H2,1-2H3;1-2H3. The van der Waals surface area contributed by atoms with E-state index in [-0.39, 0.29) is 5.56 Å². The first-order valence-electron chi connectivity index (χ1n) is 7.95. The Balaban J connectivity index is 0.000000470. The van der Waals surface area contributed by atoms with Gasteiger partial charge in [0.05, 0.1) is 0 Å². The van der Waals surface area contributed by atoms with Crippen LogP contribution in [0.2, 0.25) is 0 Å². The predicted molar refractivity (Wildman–Crippen MR) is 92.7 cm³/mol. The van der Waals surface area contributed by atoms with E-state index in [4.69, 9.17) is 5.11 Å². The maximum absolute atomic E-state index is 11.6. The molecule has 0 aliphatic rings. The molecule has 2 rings (SSSR count). The van der Waals surface area contributed by atoms with E-state index in [1.165, 1.54) is 31.9 Å². The first-order valence-corrected chi connectivity index (χ1v) is 7.95. The summed E-state index contributed by atoms with van der Waals surface area (Å²) in [6.07, 6.45) is 6.75. The Morgan fingerprint density at radius 2 is 1.64 bits per heavy atom. The zero-order chi connectivity index (χ0) is 17.0. The fourth-order valence-electron chi connectivity index (χ4n) is 1.83. The van der Waals surface area contributed by atoms with E-state index in [0.29, 0.717) is 10.9 Å². The van der Waals surface area contributed by atoms with Crippen molar-refractivity contribution in [2.75, 3.05) is 0 Å². The third-order valence-corrected chi connectivity index (χ3v) is 2.98. The van der Waals surface area contributed by atoms with Gasteiger partial charge in [-0.15, -0.1) is 0 Å². The molecular formula is C18H27NO3. The highest BCUT2D eigenvalue weighted by Crippen LogP contribution is 2.06. The highest BCUT2D eigenvalue weighted by Gasteiger charge is 2.10. The van der Waals surface area contributed by atoms with E-state index in [2.05, 4.69) is 18.8 Å². The molecule has 0 saturated heterocycles. The largest absolute Gasteiger partial charge is 0.477 e. The Hall–Kier alpha value is -2.10. The number of aromatic nitrogens is 1. The van der Waals surface area contributed by atoms with Crippen molar-refractivity contribution < 1.29 is 9.90 Å². The normalized spacial score (nSPS) is 9.27. The van der Waals surface area contributed by atoms with E-state index in [9.17, 15) is 9.59 Å². The number of nitrogens with one attached hydrogen (secondary N) is 1. The number of rotatable bonds is 4. The van der Waals surface area contributed by atoms with E-state index in [0.717, 1.165) is 0 Å². The molecule has 0 fully saturated rings. The molecule has 1 aromatic heterocycles. The smallest absolute Gasteiger partial charge is 0.341 e. The molecule has 4 heteroatoms. The number of carboxylic acid groups (broad SMARTS) is 1. The summed E-state index contributed by atoms with van der Waals surface area (Å²) < 4.78 is 0. The van der Waals surface area contributed by atoms with Gasteiger partial charge < -0.3 is 10.1 Å². The molecule has 0 radical (unpaired) electrons. The number of hydrogen-bond acceptors (Lipinski definition) is 2. The van der Waals surface area contributed by atoms with Crippen molar-refractivity contribution in [2.24, 2.45) is 0 Å². The molecule has 0 aliphatic heterocycles. The molecule has 0 bridgehead atoms. The second-order valence-electron chi connectivity index (χ2n) is 4.59. The summed E-state index contributed by atoms with van der Waals surface area (Å²) in [6.45, 7) is 8.46. The average Bonchev–Trinajstić information content (AvgIpc) is 2.55. The number of carboxylic acids is 1. The van der Waals surface area contributed by atoms with E-state index in [1.807, 2.05) is 13.8 Å². The maximum atomic E-state index is 11.6. The van der Waals surface area contributed by atoms with Gasteiger partial charge in [-0.1, -0.05) is 65.5 Å². The van der Waals surface area contributed by atoms with Crippen LogP contribution in [0, 0.1) is 0 Å². The lowest BCUT2D eigenvalue weighted by atomic mass is 10.1. The number of aromatic carboxylic acids is 1. The molecular weight excluding hydrogens is 278 g/mol. The molecule has 2 aromatic rings. The van der Waals surface area contributed by atoms with Crippen molar-refractivity contribution >= 4 is 16.9 Å². The van der Waals surface area contributed by atoms with Crippen LogP contribution in [-0.2, 0) is 0 Å². The second-order valence-corrected chi connectivity index (χ2v) is 4.59. The van der Waals surface area contributed by atoms with Gasteiger partial charge in [0.15, 0.2) is 0 Å². The van der Waals surface area contributed by atoms with Crippen molar-refractivity contribution in [2.45, 2.75) is 53.4 Å². The minimum absolute atomic E-state index is 0.233. The lowest BCUT2D eigenvalue weighted by Crippen LogP contribution is -2.14. The molecule has 2 N–H and O–H groups in total. The van der Waals surface area contributed by atoms with Gasteiger partial charge in [0.25, 0.3) is 0 Å². The van der Waals surface area contributed by atoms with Crippen LogP contribution in [-0.4, -0.2) is 16.1 Å². The number of carbonyl (C=O) groups is 1. The number of H-pyrrole nitrogens is 1. The second kappa shape index (κ2) is 11.5. The van der Waals surface area contributed by atoms with E-state index >= 15 is 0 Å². The third-order valence-electron chi connectivity index (χ3n) is 2.98. The predicted octanol–water partition coefficient (Wildman–Crippen LogP) is 4.84. The minimum Gasteiger partial charge on any atom is -0.477 e. The Bertz CT molecular complexity index is 613. The number of para-hydroxylation sites is 1. The molecule has 0 atom stereocenters. The molecule has 0 aliphatic carbocycles. The average molecular weight is 305 g/mol. The Morgan fingerprint density at radius 3 is 2.14 bits per heavy atom. The zero-order valence-corrected chi connectivity index (χ0v) is 14.0. The molecule has 122 valence electrons. The van der Waals surface area contributed by atoms with Gasteiger partial charge in [-0.25, -0.2) is 4.79 Å². The monoisotopic (exact) mass is 305 g/mol. The van der Waals surface area contributed by atoms with Gasteiger partial charge in [0.2, 0.25) is 5.43 Å². The fourth-order valence-corrected chi connectivity index (χ4v) is 1.83. The molecule has 0 saturated carbocycles. The summed E-state index contributed by atoms with van der Waals surface area (Å²) in [7, 11) is 0. The first kappa shape index (κ1) is 19.9. The summed E-state index contributed by atoms with van der Waals surface area (Å²) in [5.74, 6) is -1.21. The Labute approximate surface area is 132 Å². The summed E-state index contributed by atoms with van der Waals surface area (Å²) in [5, 5.41) is 9.10. The summed E-state index contributed by atoms with van der Waals surface area (Å²) in [5.41, 5.74) is -0.0435. The van der Waals surface area contributed by atoms with Crippen LogP contribution in [0.3, 0.4) is 0 Å². The molecule has 0 unspecified atom stereocenters. The third kappa shape index (κ3) is 6.12. The number of hydrogen-bond donors (Lipinski definition) is 2. The van der Waals surface area contributed by atoms with Crippen LogP contribution >= 0.6 is 0 Å². The van der Waals surface area contributed by atoms with Crippen LogP contribution in [0.25, 0.3) is 10.9 Å². The minimum atomic E-state index is -1.21. The maximum Gasteiger partial charge on any atom is 0.341 e. The molecule has 1 aromatic carbocycles. The molecule has 0 spiro atoms. The Morgan fingerprint density at radius 1 is 1.09 bits per heavy atom. The van der Waals surface area contributed by atoms with Crippen molar-refractivity contribution in [3.8, 4) is 0 Å². The molecule has 22 heavy (non-hydrogen) atoms. The van der Waals surface area contributed by atoms with Crippen LogP contribution in [0.4, 0.5) is 0 Å². The van der Waals surface area contributed by atoms with Crippen LogP contribution in [0.1, 0.15) is 63.7 Å². The topological polar surface area (TPSA) is 70.2 Å². The van der Waals surface area contributed by atoms with Gasteiger partial charge in [-0.3, -0.25) is 4.79 Å². The van der Waals surface area contributed by atoms with Crippen LogP contribution in [0.5, 0.6) is 0 Å². The summed E-state index contributed by atoms with van der Waals surface area (Å²) in [4.78, 5) is 25.0. The van der Waals surface area contributed by atoms with Gasteiger partial charge in [-0.05, 0) is 12.1 Å². The van der Waals surface area contributed by atoms with Gasteiger partial charge in [-0.2, -0.15) is 0 Å². The lowest BCUT2D eigenvalue weighted by molar-refractivity contribution is 0.0695. The number of unbranched alkanes of at least 4 members (excludes halogenated alkanes) is 3. The van der Waals surface area contributed by atoms with Gasteiger partial charge in [0, 0.05) is 17.1 Å². The van der Waals surface area contributed by atoms with Crippen molar-refractivity contribution in [1.82, 2.24) is 4.98 Å². The van der Waals surface area contributed by atoms with Crippen molar-refractivity contribution in [3.05, 3.63) is 46.2 Å². The molecule has 4 nitrogen and oxygen atoms in total. The number of benzene rings is 1. The SMILES string of the molecule is CC.CCCCCC.O=C(O)c1c[nH]c2ccccc2c1=O.